The number of aliphatic imine (C=N–C) groups is 1. The third-order valence-corrected chi connectivity index (χ3v) is 3.95. The molecule has 2 heterocycles. The van der Waals surface area contributed by atoms with Gasteiger partial charge in [0, 0.05) is 22.6 Å². The van der Waals surface area contributed by atoms with Crippen molar-refractivity contribution in [2.75, 3.05) is 0 Å². The Morgan fingerprint density at radius 2 is 2.00 bits per heavy atom. The zero-order valence-corrected chi connectivity index (χ0v) is 8.98. The quantitative estimate of drug-likeness (QED) is 0.651. The van der Waals surface area contributed by atoms with E-state index in [1.54, 1.807) is 0 Å². The summed E-state index contributed by atoms with van der Waals surface area (Å²) in [5.74, 6) is 0. The molecule has 1 spiro atoms. The average molecular weight is 208 g/mol. The monoisotopic (exact) mass is 208 g/mol. The van der Waals surface area contributed by atoms with Gasteiger partial charge in [0.15, 0.2) is 0 Å². The van der Waals surface area contributed by atoms with Crippen molar-refractivity contribution in [3.05, 3.63) is 36.0 Å². The van der Waals surface area contributed by atoms with Crippen LogP contribution in [0, 0.1) is 0 Å². The highest BCUT2D eigenvalue weighted by molar-refractivity contribution is 5.97. The molecule has 16 heavy (non-hydrogen) atoms. The van der Waals surface area contributed by atoms with E-state index in [9.17, 15) is 0 Å². The minimum absolute atomic E-state index is 0.248. The Balaban J connectivity index is 2.11. The molecule has 2 nitrogen and oxygen atoms in total. The van der Waals surface area contributed by atoms with Crippen LogP contribution in [0.1, 0.15) is 24.8 Å². The molecule has 1 aliphatic carbocycles. The number of nitrogens with zero attached hydrogens (tertiary/aromatic N) is 2. The van der Waals surface area contributed by atoms with Crippen molar-refractivity contribution in [2.45, 2.75) is 24.7 Å². The topological polar surface area (TPSA) is 25.2 Å². The van der Waals surface area contributed by atoms with Gasteiger partial charge in [-0.15, -0.1) is 0 Å². The fraction of sp³-hybridized carbons (Fsp3) is 0.286. The van der Waals surface area contributed by atoms with Gasteiger partial charge in [-0.05, 0) is 18.9 Å². The smallest absolute Gasteiger partial charge is 0.0857 e. The van der Waals surface area contributed by atoms with Crippen LogP contribution in [0.25, 0.3) is 10.9 Å². The van der Waals surface area contributed by atoms with E-state index in [-0.39, 0.29) is 5.41 Å². The van der Waals surface area contributed by atoms with E-state index in [1.165, 1.54) is 30.2 Å². The molecule has 0 atom stereocenters. The number of pyridine rings is 1. The lowest BCUT2D eigenvalue weighted by molar-refractivity contribution is 0.356. The molecule has 0 saturated heterocycles. The van der Waals surface area contributed by atoms with Crippen molar-refractivity contribution in [3.8, 4) is 0 Å². The zero-order chi connectivity index (χ0) is 10.6. The predicted octanol–water partition coefficient (Wildman–Crippen LogP) is 3.37. The number of benzene rings is 1. The van der Waals surface area contributed by atoms with Gasteiger partial charge in [-0.25, -0.2) is 0 Å². The molecule has 0 radical (unpaired) electrons. The Hall–Kier alpha value is -1.70. The first-order chi connectivity index (χ1) is 7.89. The summed E-state index contributed by atoms with van der Waals surface area (Å²) in [6.45, 7) is 0. The summed E-state index contributed by atoms with van der Waals surface area (Å²) < 4.78 is 0. The molecule has 1 aromatic heterocycles. The van der Waals surface area contributed by atoms with Crippen LogP contribution in [0.2, 0.25) is 0 Å². The van der Waals surface area contributed by atoms with E-state index < -0.39 is 0 Å². The lowest BCUT2D eigenvalue weighted by Gasteiger charge is -2.37. The highest BCUT2D eigenvalue weighted by atomic mass is 14.8. The van der Waals surface area contributed by atoms with Gasteiger partial charge in [-0.2, -0.15) is 0 Å². The fourth-order valence-corrected chi connectivity index (χ4v) is 2.95. The Morgan fingerprint density at radius 1 is 1.12 bits per heavy atom. The molecule has 2 aromatic rings. The molecule has 1 aliphatic heterocycles. The summed E-state index contributed by atoms with van der Waals surface area (Å²) in [5, 5.41) is 1.29. The minimum atomic E-state index is 0.248. The summed E-state index contributed by atoms with van der Waals surface area (Å²) >= 11 is 0. The largest absolute Gasteiger partial charge is 0.258 e. The van der Waals surface area contributed by atoms with Gasteiger partial charge in [-0.3, -0.25) is 9.98 Å². The Morgan fingerprint density at radius 3 is 2.81 bits per heavy atom. The highest BCUT2D eigenvalue weighted by Crippen LogP contribution is 2.51. The third kappa shape index (κ3) is 0.878. The molecule has 1 aromatic carbocycles. The summed E-state index contributed by atoms with van der Waals surface area (Å²) in [6.07, 6.45) is 7.88. The van der Waals surface area contributed by atoms with E-state index >= 15 is 0 Å². The lowest BCUT2D eigenvalue weighted by Crippen LogP contribution is -2.33. The van der Waals surface area contributed by atoms with Crippen LogP contribution in [0.5, 0.6) is 0 Å². The second-order valence-electron chi connectivity index (χ2n) is 4.80. The first kappa shape index (κ1) is 8.45. The molecule has 0 amide bonds. The van der Waals surface area contributed by atoms with Gasteiger partial charge in [0.25, 0.3) is 0 Å². The van der Waals surface area contributed by atoms with Gasteiger partial charge < -0.3 is 0 Å². The molecule has 2 aliphatic rings. The second-order valence-corrected chi connectivity index (χ2v) is 4.80. The van der Waals surface area contributed by atoms with Gasteiger partial charge in [0.2, 0.25) is 0 Å². The van der Waals surface area contributed by atoms with Crippen LogP contribution >= 0.6 is 0 Å². The van der Waals surface area contributed by atoms with Crippen molar-refractivity contribution >= 4 is 22.8 Å². The first-order valence-electron chi connectivity index (χ1n) is 5.83. The van der Waals surface area contributed by atoms with Crippen LogP contribution in [0.4, 0.5) is 5.69 Å². The van der Waals surface area contributed by atoms with Crippen molar-refractivity contribution in [1.29, 1.82) is 0 Å². The molecule has 1 fully saturated rings. The van der Waals surface area contributed by atoms with Gasteiger partial charge in [-0.1, -0.05) is 24.6 Å². The van der Waals surface area contributed by atoms with E-state index in [0.717, 1.165) is 11.2 Å². The molecular formula is C14H12N2. The summed E-state index contributed by atoms with van der Waals surface area (Å²) in [4.78, 5) is 9.00. The molecule has 0 unspecified atom stereocenters. The van der Waals surface area contributed by atoms with Gasteiger partial charge in [0.05, 0.1) is 17.4 Å². The Bertz CT molecular complexity index is 609. The fourth-order valence-electron chi connectivity index (χ4n) is 2.95. The standard InChI is InChI=1S/C14H12N2/c1-2-5-11-10(4-1)13-12(8-15-11)16-9-14(13)6-3-7-14/h1-2,4-5,8-9H,3,6-7H2. The lowest BCUT2D eigenvalue weighted by atomic mass is 9.65. The maximum Gasteiger partial charge on any atom is 0.0857 e. The van der Waals surface area contributed by atoms with Gasteiger partial charge >= 0.3 is 0 Å². The Labute approximate surface area is 94.0 Å². The van der Waals surface area contributed by atoms with Crippen molar-refractivity contribution in [1.82, 2.24) is 4.98 Å². The van der Waals surface area contributed by atoms with Crippen molar-refractivity contribution in [3.63, 3.8) is 0 Å². The molecule has 2 heteroatoms. The summed E-state index contributed by atoms with van der Waals surface area (Å²) in [6, 6.07) is 8.40. The summed E-state index contributed by atoms with van der Waals surface area (Å²) in [5.41, 5.74) is 3.85. The Kier molecular flexibility index (Phi) is 1.43. The zero-order valence-electron chi connectivity index (χ0n) is 8.98. The third-order valence-electron chi connectivity index (χ3n) is 3.95. The van der Waals surface area contributed by atoms with E-state index in [4.69, 9.17) is 0 Å². The number of hydrogen-bond acceptors (Lipinski definition) is 2. The normalized spacial score (nSPS) is 20.0. The number of aromatic nitrogens is 1. The molecule has 4 rings (SSSR count). The SMILES string of the molecule is C1=Nc2cnc3ccccc3c2C12CCC2. The number of hydrogen-bond donors (Lipinski definition) is 0. The highest BCUT2D eigenvalue weighted by Gasteiger charge is 2.42. The van der Waals surface area contributed by atoms with Gasteiger partial charge in [0.1, 0.15) is 0 Å². The van der Waals surface area contributed by atoms with E-state index in [2.05, 4.69) is 34.4 Å². The van der Waals surface area contributed by atoms with E-state index in [1.807, 2.05) is 12.3 Å². The second kappa shape index (κ2) is 2.70. The average Bonchev–Trinajstić information content (AvgIpc) is 2.68. The van der Waals surface area contributed by atoms with E-state index in [0.29, 0.717) is 0 Å². The molecular weight excluding hydrogens is 196 g/mol. The van der Waals surface area contributed by atoms with Crippen LogP contribution < -0.4 is 0 Å². The minimum Gasteiger partial charge on any atom is -0.258 e. The maximum atomic E-state index is 4.54. The van der Waals surface area contributed by atoms with Crippen LogP contribution in [-0.2, 0) is 5.41 Å². The molecule has 78 valence electrons. The first-order valence-corrected chi connectivity index (χ1v) is 5.83. The molecule has 0 bridgehead atoms. The molecule has 0 N–H and O–H groups in total. The van der Waals surface area contributed by atoms with Crippen molar-refractivity contribution in [2.24, 2.45) is 4.99 Å². The number of rotatable bonds is 0. The van der Waals surface area contributed by atoms with Crippen molar-refractivity contribution < 1.29 is 0 Å². The van der Waals surface area contributed by atoms with Crippen LogP contribution in [0.15, 0.2) is 35.5 Å². The summed E-state index contributed by atoms with van der Waals surface area (Å²) in [7, 11) is 0. The van der Waals surface area contributed by atoms with Crippen LogP contribution in [0.3, 0.4) is 0 Å². The maximum absolute atomic E-state index is 4.54. The predicted molar refractivity (Wildman–Crippen MR) is 65.4 cm³/mol. The number of para-hydroxylation sites is 1. The number of fused-ring (bicyclic) bond motifs is 4. The molecule has 1 saturated carbocycles. The van der Waals surface area contributed by atoms with Crippen LogP contribution in [-0.4, -0.2) is 11.2 Å².